The lowest BCUT2D eigenvalue weighted by Crippen LogP contribution is -2.30. The van der Waals surface area contributed by atoms with Crippen molar-refractivity contribution in [1.82, 2.24) is 0 Å². The van der Waals surface area contributed by atoms with E-state index in [2.05, 4.69) is 34.6 Å². The van der Waals surface area contributed by atoms with Crippen molar-refractivity contribution < 1.29 is 80.2 Å². The Balaban J connectivity index is 5.23. The third-order valence-corrected chi connectivity index (χ3v) is 18.4. The number of aliphatic hydroxyl groups is 1. The lowest BCUT2D eigenvalue weighted by molar-refractivity contribution is -0.161. The fraction of sp³-hybridized carbons (Fsp3) is 0.944. The van der Waals surface area contributed by atoms with Gasteiger partial charge in [0.1, 0.15) is 19.3 Å². The monoisotopic (exact) mass is 1320 g/mol. The molecule has 2 unspecified atom stereocenters. The summed E-state index contributed by atoms with van der Waals surface area (Å²) in [6, 6.07) is 0. The first-order valence-corrected chi connectivity index (χ1v) is 40.1. The molecule has 0 amide bonds. The van der Waals surface area contributed by atoms with Crippen LogP contribution in [0.2, 0.25) is 0 Å². The van der Waals surface area contributed by atoms with Crippen molar-refractivity contribution in [3.05, 3.63) is 0 Å². The molecule has 0 aliphatic rings. The highest BCUT2D eigenvalue weighted by molar-refractivity contribution is 7.47. The van der Waals surface area contributed by atoms with Crippen molar-refractivity contribution >= 4 is 39.5 Å². The first-order valence-electron chi connectivity index (χ1n) is 37.1. The summed E-state index contributed by atoms with van der Waals surface area (Å²) < 4.78 is 68.3. The van der Waals surface area contributed by atoms with Crippen molar-refractivity contribution in [2.45, 2.75) is 387 Å². The van der Waals surface area contributed by atoms with Crippen LogP contribution in [-0.4, -0.2) is 96.7 Å². The van der Waals surface area contributed by atoms with Crippen LogP contribution < -0.4 is 0 Å². The SMILES string of the molecule is CCCCCCCCCCCCCCCCCCC(=O)O[C@H](COC(=O)CCCCCCCCCCCCCCCC)COP(=O)(O)OC[C@@H](O)COP(=O)(O)OC[C@@H](COC(=O)CCCCCCCCCCCC)OC(=O)CCCCCCCCCC(C)C. The van der Waals surface area contributed by atoms with Crippen LogP contribution in [0.5, 0.6) is 0 Å². The molecule has 0 rings (SSSR count). The molecule has 5 atom stereocenters. The Morgan fingerprint density at radius 1 is 0.300 bits per heavy atom. The predicted molar refractivity (Wildman–Crippen MR) is 363 cm³/mol. The minimum atomic E-state index is -4.95. The van der Waals surface area contributed by atoms with Crippen LogP contribution in [0.4, 0.5) is 0 Å². The Hall–Kier alpha value is -1.94. The minimum absolute atomic E-state index is 0.104. The summed E-state index contributed by atoms with van der Waals surface area (Å²) in [6.07, 6.45) is 51.3. The van der Waals surface area contributed by atoms with Gasteiger partial charge in [-0.15, -0.1) is 0 Å². The Kier molecular flexibility index (Phi) is 63.0. The summed E-state index contributed by atoms with van der Waals surface area (Å²) in [5.41, 5.74) is 0. The maximum Gasteiger partial charge on any atom is 0.472 e. The minimum Gasteiger partial charge on any atom is -0.462 e. The number of rotatable bonds is 71. The number of phosphoric acid groups is 2. The number of hydrogen-bond donors (Lipinski definition) is 3. The average molecular weight is 1330 g/mol. The molecule has 0 aliphatic carbocycles. The van der Waals surface area contributed by atoms with Gasteiger partial charge in [0.25, 0.3) is 0 Å². The van der Waals surface area contributed by atoms with E-state index in [4.69, 9.17) is 37.0 Å². The van der Waals surface area contributed by atoms with Gasteiger partial charge in [-0.25, -0.2) is 9.13 Å². The smallest absolute Gasteiger partial charge is 0.462 e. The second kappa shape index (κ2) is 64.4. The molecule has 90 heavy (non-hydrogen) atoms. The third kappa shape index (κ3) is 64.8. The molecule has 0 bridgehead atoms. The van der Waals surface area contributed by atoms with Crippen molar-refractivity contribution in [2.24, 2.45) is 5.92 Å². The van der Waals surface area contributed by atoms with Crippen LogP contribution in [0.25, 0.3) is 0 Å². The van der Waals surface area contributed by atoms with Crippen molar-refractivity contribution in [2.75, 3.05) is 39.6 Å². The zero-order chi connectivity index (χ0) is 66.3. The zero-order valence-corrected chi connectivity index (χ0v) is 60.1. The van der Waals surface area contributed by atoms with Gasteiger partial charge in [0.05, 0.1) is 26.4 Å². The van der Waals surface area contributed by atoms with Gasteiger partial charge in [0.2, 0.25) is 0 Å². The molecule has 534 valence electrons. The predicted octanol–water partition coefficient (Wildman–Crippen LogP) is 20.5. The van der Waals surface area contributed by atoms with Crippen molar-refractivity contribution in [3.63, 3.8) is 0 Å². The van der Waals surface area contributed by atoms with E-state index in [0.29, 0.717) is 31.6 Å². The van der Waals surface area contributed by atoms with E-state index in [-0.39, 0.29) is 25.7 Å². The lowest BCUT2D eigenvalue weighted by atomic mass is 10.0. The molecule has 0 saturated heterocycles. The number of ether oxygens (including phenoxy) is 4. The molecule has 0 aromatic rings. The van der Waals surface area contributed by atoms with Gasteiger partial charge >= 0.3 is 39.5 Å². The molecule has 3 N–H and O–H groups in total. The molecule has 0 heterocycles. The molecule has 0 radical (unpaired) electrons. The number of carbonyl (C=O) groups excluding carboxylic acids is 4. The van der Waals surface area contributed by atoms with Crippen LogP contribution in [0.3, 0.4) is 0 Å². The summed E-state index contributed by atoms with van der Waals surface area (Å²) >= 11 is 0. The summed E-state index contributed by atoms with van der Waals surface area (Å²) in [6.45, 7) is 7.19. The number of esters is 4. The quantitative estimate of drug-likeness (QED) is 0.0222. The number of unbranched alkanes of at least 4 members (excludes halogenated alkanes) is 43. The topological polar surface area (TPSA) is 237 Å². The Morgan fingerprint density at radius 3 is 0.756 bits per heavy atom. The Morgan fingerprint density at radius 2 is 0.511 bits per heavy atom. The van der Waals surface area contributed by atoms with E-state index in [1.54, 1.807) is 0 Å². The zero-order valence-electron chi connectivity index (χ0n) is 58.3. The van der Waals surface area contributed by atoms with E-state index in [1.807, 2.05) is 0 Å². The number of aliphatic hydroxyl groups excluding tert-OH is 1. The second-order valence-corrected chi connectivity index (χ2v) is 29.0. The molecule has 0 spiro atoms. The standard InChI is InChI=1S/C71H138O17P2/c1-6-9-12-15-18-21-24-26-28-29-31-33-36-41-46-51-56-70(75)87-66(60-82-69(74)55-50-45-40-35-32-30-27-25-22-19-16-13-10-7-2)62-85-89(77,78)83-58-65(72)59-84-90(79,80)86-63-67(88-71(76)57-52-47-42-37-38-43-48-53-64(4)5)61-81-68(73)54-49-44-39-34-23-20-17-14-11-8-3/h64-67,72H,6-63H2,1-5H3,(H,77,78)(H,79,80)/t65-,66-,67-/m1/s1. The van der Waals surface area contributed by atoms with Gasteiger partial charge in [-0.3, -0.25) is 37.3 Å². The fourth-order valence-electron chi connectivity index (χ4n) is 10.8. The molecule has 0 fully saturated rings. The summed E-state index contributed by atoms with van der Waals surface area (Å²) in [5, 5.41) is 10.6. The van der Waals surface area contributed by atoms with Crippen LogP contribution >= 0.6 is 15.6 Å². The third-order valence-electron chi connectivity index (χ3n) is 16.5. The molecule has 0 aliphatic heterocycles. The number of hydrogen-bond acceptors (Lipinski definition) is 15. The molecule has 19 heteroatoms. The summed E-state index contributed by atoms with van der Waals surface area (Å²) in [7, 11) is -9.90. The second-order valence-electron chi connectivity index (χ2n) is 26.1. The van der Waals surface area contributed by atoms with Crippen LogP contribution in [0, 0.1) is 5.92 Å². The summed E-state index contributed by atoms with van der Waals surface area (Å²) in [4.78, 5) is 72.5. The number of carbonyl (C=O) groups is 4. The van der Waals surface area contributed by atoms with E-state index >= 15 is 0 Å². The highest BCUT2D eigenvalue weighted by Crippen LogP contribution is 2.45. The molecular formula is C71H138O17P2. The Labute approximate surface area is 549 Å². The highest BCUT2D eigenvalue weighted by atomic mass is 31.2. The molecule has 0 saturated carbocycles. The van der Waals surface area contributed by atoms with Gasteiger partial charge in [-0.05, 0) is 31.6 Å². The van der Waals surface area contributed by atoms with Gasteiger partial charge in [0, 0.05) is 25.7 Å². The van der Waals surface area contributed by atoms with E-state index in [9.17, 15) is 43.2 Å². The largest absolute Gasteiger partial charge is 0.472 e. The highest BCUT2D eigenvalue weighted by Gasteiger charge is 2.30. The average Bonchev–Trinajstić information content (AvgIpc) is 3.59. The van der Waals surface area contributed by atoms with E-state index in [0.717, 1.165) is 89.9 Å². The fourth-order valence-corrected chi connectivity index (χ4v) is 12.4. The van der Waals surface area contributed by atoms with E-state index < -0.39 is 97.5 Å². The molecular weight excluding hydrogens is 1190 g/mol. The number of phosphoric ester groups is 2. The molecule has 17 nitrogen and oxygen atoms in total. The van der Waals surface area contributed by atoms with Gasteiger partial charge in [-0.2, -0.15) is 0 Å². The van der Waals surface area contributed by atoms with Gasteiger partial charge in [0.15, 0.2) is 12.2 Å². The Bertz CT molecular complexity index is 1740. The van der Waals surface area contributed by atoms with Crippen molar-refractivity contribution in [3.8, 4) is 0 Å². The van der Waals surface area contributed by atoms with E-state index in [1.165, 1.54) is 193 Å². The van der Waals surface area contributed by atoms with Crippen LogP contribution in [-0.2, 0) is 65.4 Å². The molecule has 0 aromatic carbocycles. The maximum absolute atomic E-state index is 13.0. The van der Waals surface area contributed by atoms with Gasteiger partial charge in [-0.1, -0.05) is 317 Å². The maximum atomic E-state index is 13.0. The summed E-state index contributed by atoms with van der Waals surface area (Å²) in [5.74, 6) is -1.43. The first-order chi connectivity index (χ1) is 43.5. The van der Waals surface area contributed by atoms with Crippen LogP contribution in [0.15, 0.2) is 0 Å². The first kappa shape index (κ1) is 88.1. The normalized spacial score (nSPS) is 14.1. The molecule has 0 aromatic heterocycles. The van der Waals surface area contributed by atoms with Gasteiger partial charge < -0.3 is 33.8 Å². The van der Waals surface area contributed by atoms with Crippen molar-refractivity contribution in [1.29, 1.82) is 0 Å². The lowest BCUT2D eigenvalue weighted by Gasteiger charge is -2.21. The van der Waals surface area contributed by atoms with Crippen LogP contribution in [0.1, 0.15) is 369 Å².